The third kappa shape index (κ3) is 3.23. The Morgan fingerprint density at radius 2 is 2.07 bits per heavy atom. The van der Waals surface area contributed by atoms with Crippen LogP contribution in [-0.2, 0) is 11.2 Å². The summed E-state index contributed by atoms with van der Waals surface area (Å²) in [5, 5.41) is 4.31. The Hall–Kier alpha value is -3.32. The van der Waals surface area contributed by atoms with Crippen LogP contribution in [0.2, 0.25) is 0 Å². The maximum Gasteiger partial charge on any atom is 0.270 e. The van der Waals surface area contributed by atoms with Crippen LogP contribution in [0.25, 0.3) is 16.7 Å². The van der Waals surface area contributed by atoms with Gasteiger partial charge in [0.2, 0.25) is 5.78 Å². The van der Waals surface area contributed by atoms with Crippen molar-refractivity contribution in [3.05, 3.63) is 71.9 Å². The van der Waals surface area contributed by atoms with Crippen LogP contribution in [0, 0.1) is 12.8 Å². The van der Waals surface area contributed by atoms with Crippen LogP contribution in [0.4, 0.5) is 0 Å². The number of carbonyl (C=O) groups is 1. The lowest BCUT2D eigenvalue weighted by atomic mass is 9.93. The summed E-state index contributed by atoms with van der Waals surface area (Å²) in [6.45, 7) is 2.96. The first-order valence-electron chi connectivity index (χ1n) is 9.71. The number of aromatic nitrogens is 4. The number of fused-ring (bicyclic) bond motifs is 2. The lowest BCUT2D eigenvalue weighted by Gasteiger charge is -2.20. The zero-order chi connectivity index (χ0) is 19.8. The third-order valence-electron chi connectivity index (χ3n) is 5.53. The SMILES string of the molecule is Cc1nc2ncccn2c1C(=O)N[C@@H]1COC[C@H]1Cc1ccnc2ccccc12. The molecule has 1 amide bonds. The number of nitrogens with zero attached hydrogens (tertiary/aromatic N) is 4. The van der Waals surface area contributed by atoms with E-state index in [-0.39, 0.29) is 17.9 Å². The van der Waals surface area contributed by atoms with Gasteiger partial charge in [0, 0.05) is 29.9 Å². The largest absolute Gasteiger partial charge is 0.379 e. The molecule has 5 rings (SSSR count). The number of para-hydroxylation sites is 1. The predicted octanol–water partition coefficient (Wildman–Crippen LogP) is 2.57. The van der Waals surface area contributed by atoms with Crippen molar-refractivity contribution < 1.29 is 9.53 Å². The molecule has 4 heterocycles. The van der Waals surface area contributed by atoms with Gasteiger partial charge in [-0.05, 0) is 37.1 Å². The highest BCUT2D eigenvalue weighted by Crippen LogP contribution is 2.24. The number of hydrogen-bond acceptors (Lipinski definition) is 5. The highest BCUT2D eigenvalue weighted by Gasteiger charge is 2.31. The smallest absolute Gasteiger partial charge is 0.270 e. The van der Waals surface area contributed by atoms with E-state index in [2.05, 4.69) is 32.4 Å². The van der Waals surface area contributed by atoms with Gasteiger partial charge in [-0.25, -0.2) is 9.97 Å². The van der Waals surface area contributed by atoms with Crippen molar-refractivity contribution >= 4 is 22.6 Å². The van der Waals surface area contributed by atoms with E-state index >= 15 is 0 Å². The minimum atomic E-state index is -0.150. The lowest BCUT2D eigenvalue weighted by molar-refractivity contribution is 0.0918. The number of carbonyl (C=O) groups excluding carboxylic acids is 1. The van der Waals surface area contributed by atoms with Gasteiger partial charge in [0.1, 0.15) is 5.69 Å². The summed E-state index contributed by atoms with van der Waals surface area (Å²) in [5.41, 5.74) is 3.39. The minimum Gasteiger partial charge on any atom is -0.379 e. The van der Waals surface area contributed by atoms with E-state index in [1.807, 2.05) is 37.5 Å². The number of ether oxygens (including phenoxy) is 1. The van der Waals surface area contributed by atoms with Crippen LogP contribution in [-0.4, -0.2) is 44.5 Å². The zero-order valence-corrected chi connectivity index (χ0v) is 16.1. The van der Waals surface area contributed by atoms with Crippen molar-refractivity contribution in [1.82, 2.24) is 24.7 Å². The molecule has 0 saturated carbocycles. The highest BCUT2D eigenvalue weighted by molar-refractivity contribution is 5.94. The molecule has 0 unspecified atom stereocenters. The molecular formula is C22H21N5O2. The molecule has 3 aromatic heterocycles. The van der Waals surface area contributed by atoms with Gasteiger partial charge in [0.05, 0.1) is 30.5 Å². The Bertz CT molecular complexity index is 1200. The van der Waals surface area contributed by atoms with E-state index in [4.69, 9.17) is 4.74 Å². The average molecular weight is 387 g/mol. The molecule has 7 nitrogen and oxygen atoms in total. The van der Waals surface area contributed by atoms with Crippen molar-refractivity contribution in [2.75, 3.05) is 13.2 Å². The average Bonchev–Trinajstić information content (AvgIpc) is 3.31. The Morgan fingerprint density at radius 1 is 1.17 bits per heavy atom. The first kappa shape index (κ1) is 17.8. The molecule has 1 saturated heterocycles. The number of benzene rings is 1. The second-order valence-corrected chi connectivity index (χ2v) is 7.40. The monoisotopic (exact) mass is 387 g/mol. The molecule has 0 bridgehead atoms. The lowest BCUT2D eigenvalue weighted by Crippen LogP contribution is -2.41. The first-order chi connectivity index (χ1) is 14.2. The van der Waals surface area contributed by atoms with Gasteiger partial charge in [-0.3, -0.25) is 14.2 Å². The van der Waals surface area contributed by atoms with E-state index in [1.54, 1.807) is 16.7 Å². The molecule has 1 aliphatic rings. The van der Waals surface area contributed by atoms with Crippen LogP contribution in [0.1, 0.15) is 21.7 Å². The quantitative estimate of drug-likeness (QED) is 0.582. The topological polar surface area (TPSA) is 81.4 Å². The summed E-state index contributed by atoms with van der Waals surface area (Å²) in [6, 6.07) is 11.9. The fourth-order valence-electron chi connectivity index (χ4n) is 4.08. The molecular weight excluding hydrogens is 366 g/mol. The Labute approximate surface area is 167 Å². The maximum absolute atomic E-state index is 13.0. The standard InChI is InChI=1S/C22H21N5O2/c1-14-20(27-10-4-8-24-22(27)25-14)21(28)26-19-13-29-12-16(19)11-15-7-9-23-18-6-3-2-5-17(15)18/h2-10,16,19H,11-13H2,1H3,(H,26,28)/t16-,19-/m1/s1. The van der Waals surface area contributed by atoms with Gasteiger partial charge in [0.25, 0.3) is 5.91 Å². The molecule has 1 N–H and O–H groups in total. The van der Waals surface area contributed by atoms with Gasteiger partial charge in [-0.15, -0.1) is 0 Å². The van der Waals surface area contributed by atoms with Gasteiger partial charge >= 0.3 is 0 Å². The summed E-state index contributed by atoms with van der Waals surface area (Å²) in [4.78, 5) is 26.1. The molecule has 1 aliphatic heterocycles. The summed E-state index contributed by atoms with van der Waals surface area (Å²) >= 11 is 0. The molecule has 146 valence electrons. The Morgan fingerprint density at radius 3 is 3.00 bits per heavy atom. The molecule has 1 aromatic carbocycles. The number of aryl methyl sites for hydroxylation is 1. The second-order valence-electron chi connectivity index (χ2n) is 7.40. The number of amides is 1. The molecule has 2 atom stereocenters. The van der Waals surface area contributed by atoms with Crippen LogP contribution in [0.3, 0.4) is 0 Å². The van der Waals surface area contributed by atoms with E-state index in [9.17, 15) is 4.79 Å². The summed E-state index contributed by atoms with van der Waals surface area (Å²) in [6.07, 6.45) is 6.14. The highest BCUT2D eigenvalue weighted by atomic mass is 16.5. The maximum atomic E-state index is 13.0. The second kappa shape index (κ2) is 7.25. The summed E-state index contributed by atoms with van der Waals surface area (Å²) < 4.78 is 7.45. The number of imidazole rings is 1. The van der Waals surface area contributed by atoms with E-state index in [1.165, 1.54) is 5.56 Å². The Kier molecular flexibility index (Phi) is 4.44. The van der Waals surface area contributed by atoms with Crippen LogP contribution < -0.4 is 5.32 Å². The van der Waals surface area contributed by atoms with Crippen LogP contribution in [0.15, 0.2) is 55.0 Å². The molecule has 1 fully saturated rings. The molecule has 29 heavy (non-hydrogen) atoms. The fraction of sp³-hybridized carbons (Fsp3) is 0.273. The zero-order valence-electron chi connectivity index (χ0n) is 16.1. The van der Waals surface area contributed by atoms with Crippen molar-refractivity contribution in [2.24, 2.45) is 5.92 Å². The predicted molar refractivity (Wildman–Crippen MR) is 109 cm³/mol. The van der Waals surface area contributed by atoms with Gasteiger partial charge in [-0.2, -0.15) is 0 Å². The molecule has 4 aromatic rings. The van der Waals surface area contributed by atoms with E-state index in [0.29, 0.717) is 30.4 Å². The molecule has 0 aliphatic carbocycles. The fourth-order valence-corrected chi connectivity index (χ4v) is 4.08. The van der Waals surface area contributed by atoms with Crippen molar-refractivity contribution in [2.45, 2.75) is 19.4 Å². The third-order valence-corrected chi connectivity index (χ3v) is 5.53. The molecule has 0 spiro atoms. The Balaban J connectivity index is 1.38. The van der Waals surface area contributed by atoms with Gasteiger partial charge < -0.3 is 10.1 Å². The number of nitrogens with one attached hydrogen (secondary N) is 1. The van der Waals surface area contributed by atoms with Crippen LogP contribution in [0.5, 0.6) is 0 Å². The van der Waals surface area contributed by atoms with Crippen LogP contribution >= 0.6 is 0 Å². The normalized spacial score (nSPS) is 19.1. The van der Waals surface area contributed by atoms with Crippen molar-refractivity contribution in [3.63, 3.8) is 0 Å². The number of rotatable bonds is 4. The van der Waals surface area contributed by atoms with Gasteiger partial charge in [0.15, 0.2) is 0 Å². The summed E-state index contributed by atoms with van der Waals surface area (Å²) in [7, 11) is 0. The van der Waals surface area contributed by atoms with E-state index < -0.39 is 0 Å². The summed E-state index contributed by atoms with van der Waals surface area (Å²) in [5.74, 6) is 0.572. The molecule has 7 heteroatoms. The number of pyridine rings is 1. The van der Waals surface area contributed by atoms with Crippen molar-refractivity contribution in [1.29, 1.82) is 0 Å². The number of hydrogen-bond donors (Lipinski definition) is 1. The van der Waals surface area contributed by atoms with Gasteiger partial charge in [-0.1, -0.05) is 18.2 Å². The van der Waals surface area contributed by atoms with Crippen molar-refractivity contribution in [3.8, 4) is 0 Å². The minimum absolute atomic E-state index is 0.0592. The van der Waals surface area contributed by atoms with E-state index in [0.717, 1.165) is 17.3 Å². The molecule has 0 radical (unpaired) electrons. The first-order valence-corrected chi connectivity index (χ1v) is 9.71.